The average molecular weight is 282 g/mol. The fraction of sp³-hybridized carbons (Fsp3) is 0.733. The summed E-state index contributed by atoms with van der Waals surface area (Å²) in [7, 11) is 0. The van der Waals surface area contributed by atoms with Crippen molar-refractivity contribution in [1.82, 2.24) is 0 Å². The molecule has 1 N–H and O–H groups in total. The fourth-order valence-corrected chi connectivity index (χ4v) is 3.55. The molecule has 1 saturated carbocycles. The molecule has 5 heteroatoms. The van der Waals surface area contributed by atoms with Crippen LogP contribution in [0.4, 0.5) is 0 Å². The third kappa shape index (κ3) is 1.61. The van der Waals surface area contributed by atoms with Gasteiger partial charge in [0.15, 0.2) is 12.2 Å². The average Bonchev–Trinajstić information content (AvgIpc) is 2.58. The summed E-state index contributed by atoms with van der Waals surface area (Å²) in [6.07, 6.45) is 1.40. The summed E-state index contributed by atoms with van der Waals surface area (Å²) in [5.41, 5.74) is -0.964. The van der Waals surface area contributed by atoms with Crippen molar-refractivity contribution >= 4 is 11.9 Å². The molecule has 2 bridgehead atoms. The molecule has 112 valence electrons. The van der Waals surface area contributed by atoms with Gasteiger partial charge in [-0.25, -0.2) is 4.79 Å². The van der Waals surface area contributed by atoms with Crippen molar-refractivity contribution < 1.29 is 24.2 Å². The first kappa shape index (κ1) is 14.9. The largest absolute Gasteiger partial charge is 0.482 e. The number of aliphatic carboxylic acids is 1. The Morgan fingerprint density at radius 2 is 1.90 bits per heavy atom. The van der Waals surface area contributed by atoms with E-state index in [1.807, 2.05) is 34.6 Å². The third-order valence-corrected chi connectivity index (χ3v) is 5.24. The van der Waals surface area contributed by atoms with Crippen molar-refractivity contribution in [2.24, 2.45) is 10.8 Å². The highest BCUT2D eigenvalue weighted by Gasteiger charge is 2.74. The van der Waals surface area contributed by atoms with Crippen LogP contribution in [0.3, 0.4) is 0 Å². The van der Waals surface area contributed by atoms with Gasteiger partial charge < -0.3 is 14.6 Å². The predicted molar refractivity (Wildman–Crippen MR) is 71.9 cm³/mol. The van der Waals surface area contributed by atoms with E-state index in [0.717, 1.165) is 12.0 Å². The van der Waals surface area contributed by atoms with E-state index >= 15 is 0 Å². The predicted octanol–water partition coefficient (Wildman–Crippen LogP) is 2.50. The normalized spacial score (nSPS) is 33.8. The van der Waals surface area contributed by atoms with Gasteiger partial charge >= 0.3 is 11.9 Å². The Morgan fingerprint density at radius 3 is 2.25 bits per heavy atom. The summed E-state index contributed by atoms with van der Waals surface area (Å²) in [6, 6.07) is 0. The highest BCUT2D eigenvalue weighted by molar-refractivity contribution is 5.83. The molecule has 2 unspecified atom stereocenters. The highest BCUT2D eigenvalue weighted by atomic mass is 16.6. The third-order valence-electron chi connectivity index (χ3n) is 5.24. The lowest BCUT2D eigenvalue weighted by atomic mass is 9.65. The van der Waals surface area contributed by atoms with Gasteiger partial charge in [0.1, 0.15) is 5.76 Å². The maximum Gasteiger partial charge on any atom is 0.341 e. The molecular weight excluding hydrogens is 260 g/mol. The molecule has 5 nitrogen and oxygen atoms in total. The molecule has 2 aliphatic rings. The van der Waals surface area contributed by atoms with Crippen molar-refractivity contribution in [3.05, 3.63) is 11.3 Å². The van der Waals surface area contributed by atoms with E-state index in [9.17, 15) is 9.59 Å². The summed E-state index contributed by atoms with van der Waals surface area (Å²) in [5, 5.41) is 8.83. The first-order valence-corrected chi connectivity index (χ1v) is 6.84. The van der Waals surface area contributed by atoms with Crippen LogP contribution in [0.25, 0.3) is 0 Å². The van der Waals surface area contributed by atoms with Gasteiger partial charge in [-0.3, -0.25) is 4.79 Å². The Kier molecular flexibility index (Phi) is 3.15. The number of ether oxygens (including phenoxy) is 2. The molecule has 1 aliphatic carbocycles. The molecule has 0 radical (unpaired) electrons. The summed E-state index contributed by atoms with van der Waals surface area (Å²) in [5.74, 6) is -0.756. The topological polar surface area (TPSA) is 72.8 Å². The minimum atomic E-state index is -1.04. The van der Waals surface area contributed by atoms with Crippen LogP contribution in [0.2, 0.25) is 0 Å². The van der Waals surface area contributed by atoms with Crippen molar-refractivity contribution in [3.63, 3.8) is 0 Å². The molecule has 1 heterocycles. The van der Waals surface area contributed by atoms with Gasteiger partial charge in [0.05, 0.1) is 5.41 Å². The SMILES string of the molecule is CC(C)=C(OCC(=O)O)C12CCC(C)(C(=O)O1)C2(C)C. The number of hydrogen-bond acceptors (Lipinski definition) is 4. The van der Waals surface area contributed by atoms with E-state index in [4.69, 9.17) is 14.6 Å². The van der Waals surface area contributed by atoms with Crippen LogP contribution in [0.1, 0.15) is 47.5 Å². The molecule has 0 aromatic heterocycles. The maximum absolute atomic E-state index is 12.2. The minimum absolute atomic E-state index is 0.216. The van der Waals surface area contributed by atoms with Crippen LogP contribution in [-0.4, -0.2) is 29.3 Å². The quantitative estimate of drug-likeness (QED) is 0.633. The molecule has 2 atom stereocenters. The Morgan fingerprint density at radius 1 is 1.30 bits per heavy atom. The number of esters is 1. The first-order chi connectivity index (χ1) is 9.08. The van der Waals surface area contributed by atoms with Crippen LogP contribution < -0.4 is 0 Å². The maximum atomic E-state index is 12.2. The number of carboxylic acids is 1. The fourth-order valence-electron chi connectivity index (χ4n) is 3.55. The first-order valence-electron chi connectivity index (χ1n) is 6.84. The van der Waals surface area contributed by atoms with Crippen LogP contribution in [0.5, 0.6) is 0 Å². The summed E-state index contributed by atoms with van der Waals surface area (Å²) >= 11 is 0. The Bertz CT molecular complexity index is 500. The molecule has 2 rings (SSSR count). The lowest BCUT2D eigenvalue weighted by Gasteiger charge is -2.38. The minimum Gasteiger partial charge on any atom is -0.482 e. The highest BCUT2D eigenvalue weighted by Crippen LogP contribution is 2.68. The zero-order chi connectivity index (χ0) is 15.3. The van der Waals surface area contributed by atoms with Gasteiger partial charge in [-0.05, 0) is 39.2 Å². The standard InChI is InChI=1S/C15H22O5/c1-9(2)11(19-8-10(16)17)15-7-6-14(5,12(18)20-15)13(15,3)4/h6-8H2,1-5H3,(H,16,17). The molecule has 1 saturated heterocycles. The van der Waals surface area contributed by atoms with Gasteiger partial charge in [-0.15, -0.1) is 0 Å². The monoisotopic (exact) mass is 282 g/mol. The summed E-state index contributed by atoms with van der Waals surface area (Å²) < 4.78 is 11.2. The van der Waals surface area contributed by atoms with Crippen LogP contribution in [-0.2, 0) is 19.1 Å². The summed E-state index contributed by atoms with van der Waals surface area (Å²) in [6.45, 7) is 9.19. The van der Waals surface area contributed by atoms with Crippen LogP contribution >= 0.6 is 0 Å². The zero-order valence-corrected chi connectivity index (χ0v) is 12.7. The Balaban J connectivity index is 2.47. The number of carboxylic acid groups (broad SMARTS) is 1. The number of carbonyl (C=O) groups excluding carboxylic acids is 1. The van der Waals surface area contributed by atoms with E-state index in [0.29, 0.717) is 12.2 Å². The van der Waals surface area contributed by atoms with E-state index in [2.05, 4.69) is 0 Å². The van der Waals surface area contributed by atoms with E-state index < -0.39 is 29.0 Å². The number of rotatable bonds is 4. The molecular formula is C15H22O5. The van der Waals surface area contributed by atoms with Gasteiger partial charge in [0.25, 0.3) is 0 Å². The second-order valence-electron chi connectivity index (χ2n) is 6.69. The second kappa shape index (κ2) is 4.24. The van der Waals surface area contributed by atoms with Crippen LogP contribution in [0, 0.1) is 10.8 Å². The number of carbonyl (C=O) groups is 2. The second-order valence-corrected chi connectivity index (χ2v) is 6.69. The van der Waals surface area contributed by atoms with Crippen molar-refractivity contribution in [3.8, 4) is 0 Å². The van der Waals surface area contributed by atoms with Gasteiger partial charge in [0, 0.05) is 5.41 Å². The van der Waals surface area contributed by atoms with E-state index in [-0.39, 0.29) is 5.97 Å². The van der Waals surface area contributed by atoms with Crippen molar-refractivity contribution in [2.75, 3.05) is 6.61 Å². The molecule has 0 spiro atoms. The lowest BCUT2D eigenvalue weighted by molar-refractivity contribution is -0.161. The lowest BCUT2D eigenvalue weighted by Crippen LogP contribution is -2.44. The van der Waals surface area contributed by atoms with Gasteiger partial charge in [-0.1, -0.05) is 13.8 Å². The van der Waals surface area contributed by atoms with E-state index in [1.54, 1.807) is 0 Å². The zero-order valence-electron chi connectivity index (χ0n) is 12.7. The molecule has 0 aromatic rings. The van der Waals surface area contributed by atoms with E-state index in [1.165, 1.54) is 0 Å². The Hall–Kier alpha value is -1.52. The number of hydrogen-bond donors (Lipinski definition) is 1. The van der Waals surface area contributed by atoms with Gasteiger partial charge in [-0.2, -0.15) is 0 Å². The number of allylic oxidation sites excluding steroid dienone is 1. The van der Waals surface area contributed by atoms with Crippen LogP contribution in [0.15, 0.2) is 11.3 Å². The molecule has 1 aliphatic heterocycles. The number of fused-ring (bicyclic) bond motifs is 2. The van der Waals surface area contributed by atoms with Gasteiger partial charge in [0.2, 0.25) is 0 Å². The molecule has 0 aromatic carbocycles. The summed E-state index contributed by atoms with van der Waals surface area (Å²) in [4.78, 5) is 23.0. The molecule has 2 fully saturated rings. The van der Waals surface area contributed by atoms with Crippen molar-refractivity contribution in [2.45, 2.75) is 53.1 Å². The smallest absolute Gasteiger partial charge is 0.341 e. The molecule has 0 amide bonds. The van der Waals surface area contributed by atoms with Crippen molar-refractivity contribution in [1.29, 1.82) is 0 Å². The Labute approximate surface area is 118 Å². The molecule has 20 heavy (non-hydrogen) atoms.